The Bertz CT molecular complexity index is 881. The molecule has 32 heavy (non-hydrogen) atoms. The Morgan fingerprint density at radius 2 is 2.12 bits per heavy atom. The van der Waals surface area contributed by atoms with Gasteiger partial charge in [0.05, 0.1) is 12.9 Å². The first-order chi connectivity index (χ1) is 15.5. The molecule has 1 aromatic heterocycles. The minimum atomic E-state index is -0.324. The van der Waals surface area contributed by atoms with Crippen LogP contribution in [0, 0.1) is 5.82 Å². The topological polar surface area (TPSA) is 76.9 Å². The molecule has 1 atom stereocenters. The van der Waals surface area contributed by atoms with E-state index in [1.54, 1.807) is 28.6 Å². The zero-order valence-corrected chi connectivity index (χ0v) is 18.7. The molecule has 174 valence electrons. The highest BCUT2D eigenvalue weighted by Gasteiger charge is 2.25. The lowest BCUT2D eigenvalue weighted by Gasteiger charge is -2.24. The monoisotopic (exact) mass is 446 g/mol. The Balaban J connectivity index is 1.69. The summed E-state index contributed by atoms with van der Waals surface area (Å²) < 4.78 is 26.3. The Morgan fingerprint density at radius 1 is 1.34 bits per heavy atom. The van der Waals surface area contributed by atoms with E-state index in [-0.39, 0.29) is 18.0 Å². The Labute approximate surface area is 187 Å². The molecule has 0 aliphatic carbocycles. The van der Waals surface area contributed by atoms with Gasteiger partial charge in [-0.15, -0.1) is 0 Å². The molecule has 3 rings (SSSR count). The van der Waals surface area contributed by atoms with Crippen LogP contribution >= 0.6 is 0 Å². The lowest BCUT2D eigenvalue weighted by atomic mass is 10.2. The van der Waals surface area contributed by atoms with Crippen molar-refractivity contribution in [2.45, 2.75) is 45.4 Å². The summed E-state index contributed by atoms with van der Waals surface area (Å²) in [7, 11) is 1.72. The standard InChI is InChI=1S/C23H31FN4O4/c1-3-27(17-29)22-21(28(16-25-22)15-18-8-10-19(24)11-9-18)23(30)26(2)12-6-14-32-20-7-4-5-13-31-20/h8-11,16-17,20H,3-7,12-15H2,1-2H3. The van der Waals surface area contributed by atoms with Gasteiger partial charge in [-0.25, -0.2) is 9.37 Å². The number of hydrogen-bond acceptors (Lipinski definition) is 5. The predicted molar refractivity (Wildman–Crippen MR) is 118 cm³/mol. The summed E-state index contributed by atoms with van der Waals surface area (Å²) in [6.07, 6.45) is 5.79. The second-order valence-corrected chi connectivity index (χ2v) is 7.81. The average molecular weight is 447 g/mol. The van der Waals surface area contributed by atoms with Crippen LogP contribution in [0.4, 0.5) is 10.2 Å². The number of amides is 2. The van der Waals surface area contributed by atoms with Gasteiger partial charge in [0.2, 0.25) is 6.41 Å². The highest BCUT2D eigenvalue weighted by molar-refractivity contribution is 5.99. The van der Waals surface area contributed by atoms with Crippen molar-refractivity contribution in [3.8, 4) is 0 Å². The SMILES string of the molecule is CCN(C=O)c1ncn(Cc2ccc(F)cc2)c1C(=O)N(C)CCCOC1CCCCO1. The lowest BCUT2D eigenvalue weighted by Crippen LogP contribution is -2.33. The maximum absolute atomic E-state index is 13.3. The van der Waals surface area contributed by atoms with Crippen molar-refractivity contribution in [3.05, 3.63) is 47.7 Å². The normalized spacial score (nSPS) is 16.0. The Morgan fingerprint density at radius 3 is 2.78 bits per heavy atom. The highest BCUT2D eigenvalue weighted by Crippen LogP contribution is 2.21. The number of imidazole rings is 1. The molecule has 1 aliphatic rings. The Hall–Kier alpha value is -2.78. The van der Waals surface area contributed by atoms with E-state index in [0.717, 1.165) is 31.4 Å². The first kappa shape index (κ1) is 23.9. The second-order valence-electron chi connectivity index (χ2n) is 7.81. The fraction of sp³-hybridized carbons (Fsp3) is 0.522. The number of nitrogens with zero attached hydrogens (tertiary/aromatic N) is 4. The predicted octanol–water partition coefficient (Wildman–Crippen LogP) is 3.06. The van der Waals surface area contributed by atoms with Crippen LogP contribution in [-0.2, 0) is 20.8 Å². The van der Waals surface area contributed by atoms with Gasteiger partial charge in [-0.2, -0.15) is 0 Å². The van der Waals surface area contributed by atoms with Crippen molar-refractivity contribution >= 4 is 18.1 Å². The van der Waals surface area contributed by atoms with Gasteiger partial charge in [-0.05, 0) is 50.3 Å². The van der Waals surface area contributed by atoms with E-state index in [9.17, 15) is 14.0 Å². The molecule has 2 aromatic rings. The average Bonchev–Trinajstić information content (AvgIpc) is 3.22. The maximum Gasteiger partial charge on any atom is 0.274 e. The van der Waals surface area contributed by atoms with Crippen LogP contribution in [0.3, 0.4) is 0 Å². The number of carbonyl (C=O) groups excluding carboxylic acids is 2. The van der Waals surface area contributed by atoms with Gasteiger partial charge in [0.15, 0.2) is 17.8 Å². The number of ether oxygens (including phenoxy) is 2. The summed E-state index contributed by atoms with van der Waals surface area (Å²) in [6, 6.07) is 6.07. The minimum Gasteiger partial charge on any atom is -0.353 e. The molecule has 0 radical (unpaired) electrons. The number of aromatic nitrogens is 2. The largest absolute Gasteiger partial charge is 0.353 e. The molecule has 1 fully saturated rings. The van der Waals surface area contributed by atoms with E-state index in [1.807, 2.05) is 6.92 Å². The highest BCUT2D eigenvalue weighted by atomic mass is 19.1. The van der Waals surface area contributed by atoms with Crippen molar-refractivity contribution in [2.24, 2.45) is 0 Å². The molecule has 0 spiro atoms. The van der Waals surface area contributed by atoms with Crippen LogP contribution in [0.2, 0.25) is 0 Å². The van der Waals surface area contributed by atoms with E-state index in [0.29, 0.717) is 50.6 Å². The number of benzene rings is 1. The van der Waals surface area contributed by atoms with E-state index < -0.39 is 0 Å². The Kier molecular flexibility index (Phi) is 8.75. The molecular weight excluding hydrogens is 415 g/mol. The van der Waals surface area contributed by atoms with Crippen LogP contribution in [0.1, 0.15) is 48.7 Å². The number of hydrogen-bond donors (Lipinski definition) is 0. The van der Waals surface area contributed by atoms with E-state index in [4.69, 9.17) is 9.47 Å². The minimum absolute atomic E-state index is 0.154. The van der Waals surface area contributed by atoms with Gasteiger partial charge in [0, 0.05) is 33.3 Å². The van der Waals surface area contributed by atoms with Crippen molar-refractivity contribution in [2.75, 3.05) is 38.3 Å². The van der Waals surface area contributed by atoms with Gasteiger partial charge in [-0.1, -0.05) is 12.1 Å². The number of carbonyl (C=O) groups is 2. The second kappa shape index (κ2) is 11.7. The first-order valence-corrected chi connectivity index (χ1v) is 11.0. The molecule has 1 aliphatic heterocycles. The molecule has 1 aromatic carbocycles. The molecule has 0 bridgehead atoms. The molecule has 9 heteroatoms. The van der Waals surface area contributed by atoms with Crippen molar-refractivity contribution < 1.29 is 23.5 Å². The summed E-state index contributed by atoms with van der Waals surface area (Å²) in [5, 5.41) is 0. The van der Waals surface area contributed by atoms with Gasteiger partial charge in [-0.3, -0.25) is 14.5 Å². The lowest BCUT2D eigenvalue weighted by molar-refractivity contribution is -0.162. The molecule has 0 N–H and O–H groups in total. The summed E-state index contributed by atoms with van der Waals surface area (Å²) in [5.74, 6) is -0.253. The maximum atomic E-state index is 13.3. The first-order valence-electron chi connectivity index (χ1n) is 11.0. The molecule has 8 nitrogen and oxygen atoms in total. The summed E-state index contributed by atoms with van der Waals surface area (Å²) in [4.78, 5) is 32.2. The number of halogens is 1. The van der Waals surface area contributed by atoms with Crippen molar-refractivity contribution in [1.82, 2.24) is 14.5 Å². The summed E-state index contributed by atoms with van der Waals surface area (Å²) in [6.45, 7) is 4.25. The third-order valence-corrected chi connectivity index (χ3v) is 5.45. The van der Waals surface area contributed by atoms with Crippen LogP contribution in [0.25, 0.3) is 0 Å². The fourth-order valence-corrected chi connectivity index (χ4v) is 3.62. The molecule has 2 heterocycles. The summed E-state index contributed by atoms with van der Waals surface area (Å²) in [5.41, 5.74) is 1.14. The third-order valence-electron chi connectivity index (χ3n) is 5.45. The van der Waals surface area contributed by atoms with Gasteiger partial charge >= 0.3 is 0 Å². The zero-order valence-electron chi connectivity index (χ0n) is 18.7. The summed E-state index contributed by atoms with van der Waals surface area (Å²) >= 11 is 0. The van der Waals surface area contributed by atoms with Crippen LogP contribution in [0.5, 0.6) is 0 Å². The zero-order chi connectivity index (χ0) is 22.9. The molecular formula is C23H31FN4O4. The van der Waals surface area contributed by atoms with Crippen LogP contribution in [0.15, 0.2) is 30.6 Å². The molecule has 1 saturated heterocycles. The fourth-order valence-electron chi connectivity index (χ4n) is 3.62. The molecule has 0 saturated carbocycles. The van der Waals surface area contributed by atoms with Crippen molar-refractivity contribution in [3.63, 3.8) is 0 Å². The van der Waals surface area contributed by atoms with Crippen LogP contribution < -0.4 is 4.90 Å². The third kappa shape index (κ3) is 6.14. The van der Waals surface area contributed by atoms with Crippen molar-refractivity contribution in [1.29, 1.82) is 0 Å². The van der Waals surface area contributed by atoms with E-state index >= 15 is 0 Å². The molecule has 2 amide bonds. The van der Waals surface area contributed by atoms with E-state index in [1.165, 1.54) is 23.4 Å². The smallest absolute Gasteiger partial charge is 0.274 e. The van der Waals surface area contributed by atoms with Crippen LogP contribution in [-0.4, -0.2) is 66.4 Å². The van der Waals surface area contributed by atoms with Gasteiger partial charge in [0.1, 0.15) is 5.82 Å². The molecule has 1 unspecified atom stereocenters. The van der Waals surface area contributed by atoms with E-state index in [2.05, 4.69) is 4.98 Å². The number of anilines is 1. The van der Waals surface area contributed by atoms with Gasteiger partial charge in [0.25, 0.3) is 5.91 Å². The quantitative estimate of drug-likeness (QED) is 0.392. The number of rotatable bonds is 11. The van der Waals surface area contributed by atoms with Gasteiger partial charge < -0.3 is 18.9 Å².